The third kappa shape index (κ3) is 3.85. The molecule has 1 aliphatic rings. The van der Waals surface area contributed by atoms with Crippen molar-refractivity contribution in [2.45, 2.75) is 39.7 Å². The summed E-state index contributed by atoms with van der Waals surface area (Å²) in [5.41, 5.74) is 2.16. The molecule has 0 radical (unpaired) electrons. The molecule has 1 aliphatic heterocycles. The summed E-state index contributed by atoms with van der Waals surface area (Å²) in [4.78, 5) is 27.4. The number of aromatic nitrogens is 1. The Kier molecular flexibility index (Phi) is 6.57. The molecular formula is C21H29N3O4. The van der Waals surface area contributed by atoms with Crippen LogP contribution in [0.25, 0.3) is 10.9 Å². The highest BCUT2D eigenvalue weighted by molar-refractivity contribution is 6.14. The number of aryl methyl sites for hydroxylation is 1. The van der Waals surface area contributed by atoms with Crippen LogP contribution in [-0.2, 0) is 16.1 Å². The number of anilines is 1. The van der Waals surface area contributed by atoms with Crippen LogP contribution in [0.5, 0.6) is 5.75 Å². The van der Waals surface area contributed by atoms with Crippen LogP contribution in [0.1, 0.15) is 43.6 Å². The van der Waals surface area contributed by atoms with Gasteiger partial charge in [0.25, 0.3) is 5.91 Å². The number of nitrogens with one attached hydrogen (secondary N) is 1. The van der Waals surface area contributed by atoms with Gasteiger partial charge >= 0.3 is 0 Å². The van der Waals surface area contributed by atoms with E-state index in [1.54, 1.807) is 12.0 Å². The predicted octanol–water partition coefficient (Wildman–Crippen LogP) is 2.95. The third-order valence-corrected chi connectivity index (χ3v) is 5.07. The van der Waals surface area contributed by atoms with E-state index in [-0.39, 0.29) is 11.8 Å². The van der Waals surface area contributed by atoms with Gasteiger partial charge in [-0.1, -0.05) is 0 Å². The lowest BCUT2D eigenvalue weighted by Crippen LogP contribution is -2.31. The van der Waals surface area contributed by atoms with Gasteiger partial charge in [0.1, 0.15) is 11.4 Å². The van der Waals surface area contributed by atoms with Gasteiger partial charge in [0.15, 0.2) is 0 Å². The minimum absolute atomic E-state index is 0.0587. The Labute approximate surface area is 165 Å². The van der Waals surface area contributed by atoms with Crippen molar-refractivity contribution in [2.24, 2.45) is 0 Å². The first-order valence-corrected chi connectivity index (χ1v) is 9.98. The van der Waals surface area contributed by atoms with E-state index in [0.29, 0.717) is 56.4 Å². The van der Waals surface area contributed by atoms with Crippen LogP contribution in [-0.4, -0.2) is 49.8 Å². The zero-order valence-electron chi connectivity index (χ0n) is 16.9. The first kappa shape index (κ1) is 20.2. The van der Waals surface area contributed by atoms with Crippen LogP contribution in [0.3, 0.4) is 0 Å². The lowest BCUT2D eigenvalue weighted by atomic mass is 10.2. The normalized spacial score (nSPS) is 14.1. The Morgan fingerprint density at radius 3 is 2.75 bits per heavy atom. The summed E-state index contributed by atoms with van der Waals surface area (Å²) in [6, 6.07) is 5.75. The standard InChI is InChI=1S/C21H29N3O4/c1-4-23-17-10-9-15(27-3)14-16(17)19(24-12-6-8-18(24)25)20(23)21(26)22-11-7-13-28-5-2/h9-10,14H,4-8,11-13H2,1-3H3,(H,22,26). The van der Waals surface area contributed by atoms with Gasteiger partial charge in [0, 0.05) is 44.7 Å². The van der Waals surface area contributed by atoms with Crippen LogP contribution in [0.4, 0.5) is 5.69 Å². The number of amides is 2. The molecule has 1 fully saturated rings. The van der Waals surface area contributed by atoms with Gasteiger partial charge in [-0.3, -0.25) is 9.59 Å². The molecule has 0 spiro atoms. The summed E-state index contributed by atoms with van der Waals surface area (Å²) in [6.07, 6.45) is 2.06. The maximum Gasteiger partial charge on any atom is 0.270 e. The Bertz CT molecular complexity index is 859. The van der Waals surface area contributed by atoms with Crippen molar-refractivity contribution in [3.63, 3.8) is 0 Å². The second-order valence-electron chi connectivity index (χ2n) is 6.78. The Balaban J connectivity index is 2.03. The fourth-order valence-corrected chi connectivity index (χ4v) is 3.76. The number of rotatable bonds is 9. The van der Waals surface area contributed by atoms with Crippen LogP contribution in [0.2, 0.25) is 0 Å². The zero-order chi connectivity index (χ0) is 20.1. The molecule has 152 valence electrons. The summed E-state index contributed by atoms with van der Waals surface area (Å²) >= 11 is 0. The van der Waals surface area contributed by atoms with Gasteiger partial charge in [-0.2, -0.15) is 0 Å². The van der Waals surface area contributed by atoms with Crippen LogP contribution in [0.15, 0.2) is 18.2 Å². The molecule has 28 heavy (non-hydrogen) atoms. The maximum absolute atomic E-state index is 13.1. The largest absolute Gasteiger partial charge is 0.497 e. The highest BCUT2D eigenvalue weighted by Gasteiger charge is 2.31. The monoisotopic (exact) mass is 387 g/mol. The van der Waals surface area contributed by atoms with Crippen LogP contribution < -0.4 is 15.0 Å². The van der Waals surface area contributed by atoms with Crippen LogP contribution >= 0.6 is 0 Å². The van der Waals surface area contributed by atoms with E-state index in [4.69, 9.17) is 9.47 Å². The molecule has 2 aromatic rings. The quantitative estimate of drug-likeness (QED) is 0.672. The molecule has 2 amide bonds. The number of benzene rings is 1. The highest BCUT2D eigenvalue weighted by Crippen LogP contribution is 2.38. The fraction of sp³-hybridized carbons (Fsp3) is 0.524. The topological polar surface area (TPSA) is 72.8 Å². The molecule has 0 unspecified atom stereocenters. The summed E-state index contributed by atoms with van der Waals surface area (Å²) in [5.74, 6) is 0.601. The molecule has 0 bridgehead atoms. The van der Waals surface area contributed by atoms with E-state index in [0.717, 1.165) is 23.7 Å². The summed E-state index contributed by atoms with van der Waals surface area (Å²) in [5, 5.41) is 3.86. The SMILES string of the molecule is CCOCCCNC(=O)c1c(N2CCCC2=O)c2cc(OC)ccc2n1CC. The number of nitrogens with zero attached hydrogens (tertiary/aromatic N) is 2. The van der Waals surface area contributed by atoms with E-state index in [1.165, 1.54) is 0 Å². The van der Waals surface area contributed by atoms with Crippen molar-refractivity contribution in [3.8, 4) is 5.75 Å². The number of hydrogen-bond donors (Lipinski definition) is 1. The van der Waals surface area contributed by atoms with E-state index in [2.05, 4.69) is 5.32 Å². The van der Waals surface area contributed by atoms with Crippen LogP contribution in [0, 0.1) is 0 Å². The Morgan fingerprint density at radius 1 is 1.29 bits per heavy atom. The number of carbonyl (C=O) groups excluding carboxylic acids is 2. The Hall–Kier alpha value is -2.54. The Morgan fingerprint density at radius 2 is 2.11 bits per heavy atom. The lowest BCUT2D eigenvalue weighted by Gasteiger charge is -2.18. The number of carbonyl (C=O) groups is 2. The first-order valence-electron chi connectivity index (χ1n) is 9.98. The van der Waals surface area contributed by atoms with E-state index >= 15 is 0 Å². The molecule has 2 heterocycles. The maximum atomic E-state index is 13.1. The summed E-state index contributed by atoms with van der Waals surface area (Å²) < 4.78 is 12.7. The number of fused-ring (bicyclic) bond motifs is 1. The van der Waals surface area contributed by atoms with Gasteiger partial charge < -0.3 is 24.3 Å². The number of hydrogen-bond acceptors (Lipinski definition) is 4. The van der Waals surface area contributed by atoms with Crippen molar-refractivity contribution in [2.75, 3.05) is 38.3 Å². The zero-order valence-corrected chi connectivity index (χ0v) is 16.9. The number of methoxy groups -OCH3 is 1. The van der Waals surface area contributed by atoms with Crippen molar-refractivity contribution in [1.82, 2.24) is 9.88 Å². The molecule has 1 saturated heterocycles. The summed E-state index contributed by atoms with van der Waals surface area (Å²) in [6.45, 7) is 7.02. The average molecular weight is 387 g/mol. The number of ether oxygens (including phenoxy) is 2. The van der Waals surface area contributed by atoms with Gasteiger partial charge in [0.2, 0.25) is 5.91 Å². The van der Waals surface area contributed by atoms with Crippen molar-refractivity contribution >= 4 is 28.4 Å². The second kappa shape index (κ2) is 9.10. The molecule has 0 aliphatic carbocycles. The van der Waals surface area contributed by atoms with Crippen molar-refractivity contribution in [3.05, 3.63) is 23.9 Å². The minimum Gasteiger partial charge on any atom is -0.497 e. The van der Waals surface area contributed by atoms with E-state index in [9.17, 15) is 9.59 Å². The van der Waals surface area contributed by atoms with Crippen molar-refractivity contribution < 1.29 is 19.1 Å². The minimum atomic E-state index is -0.164. The van der Waals surface area contributed by atoms with Gasteiger partial charge in [-0.05, 0) is 44.9 Å². The molecule has 1 aromatic carbocycles. The summed E-state index contributed by atoms with van der Waals surface area (Å²) in [7, 11) is 1.62. The molecule has 1 aromatic heterocycles. The average Bonchev–Trinajstić information content (AvgIpc) is 3.27. The highest BCUT2D eigenvalue weighted by atomic mass is 16.5. The molecule has 7 heteroatoms. The molecule has 0 saturated carbocycles. The molecular weight excluding hydrogens is 358 g/mol. The van der Waals surface area contributed by atoms with E-state index < -0.39 is 0 Å². The van der Waals surface area contributed by atoms with E-state index in [1.807, 2.05) is 36.6 Å². The molecule has 0 atom stereocenters. The van der Waals surface area contributed by atoms with Crippen molar-refractivity contribution in [1.29, 1.82) is 0 Å². The second-order valence-corrected chi connectivity index (χ2v) is 6.78. The van der Waals surface area contributed by atoms with Gasteiger partial charge in [-0.15, -0.1) is 0 Å². The third-order valence-electron chi connectivity index (χ3n) is 5.07. The molecule has 7 nitrogen and oxygen atoms in total. The predicted molar refractivity (Wildman–Crippen MR) is 109 cm³/mol. The van der Waals surface area contributed by atoms with Gasteiger partial charge in [-0.25, -0.2) is 0 Å². The molecule has 1 N–H and O–H groups in total. The fourth-order valence-electron chi connectivity index (χ4n) is 3.76. The lowest BCUT2D eigenvalue weighted by molar-refractivity contribution is -0.117. The molecule has 3 rings (SSSR count). The first-order chi connectivity index (χ1) is 13.6. The smallest absolute Gasteiger partial charge is 0.270 e. The van der Waals surface area contributed by atoms with Gasteiger partial charge in [0.05, 0.1) is 18.3 Å².